The van der Waals surface area contributed by atoms with Gasteiger partial charge in [0.15, 0.2) is 0 Å². The van der Waals surface area contributed by atoms with Crippen LogP contribution >= 0.6 is 0 Å². The Balaban J connectivity index is 4.91. The molecule has 4 atom stereocenters. The van der Waals surface area contributed by atoms with Crippen molar-refractivity contribution in [2.24, 2.45) is 0 Å². The maximum absolute atomic E-state index is 11.7. The Morgan fingerprint density at radius 3 is 1.24 bits per heavy atom. The molecule has 0 aromatic carbocycles. The molecule has 0 amide bonds. The maximum Gasteiger partial charge on any atom is 0.313 e. The third-order valence-electron chi connectivity index (χ3n) is 3.97. The van der Waals surface area contributed by atoms with E-state index in [1.807, 2.05) is 0 Å². The molecule has 0 aromatic rings. The first kappa shape index (κ1) is 26.7. The Hall–Kier alpha value is -2.28. The van der Waals surface area contributed by atoms with E-state index in [0.29, 0.717) is 12.8 Å². The summed E-state index contributed by atoms with van der Waals surface area (Å²) < 4.78 is 16.6. The van der Waals surface area contributed by atoms with Crippen molar-refractivity contribution >= 4 is 23.5 Å². The highest BCUT2D eigenvalue weighted by molar-refractivity contribution is 5.94. The van der Waals surface area contributed by atoms with Crippen LogP contribution in [0.1, 0.15) is 67.2 Å². The van der Waals surface area contributed by atoms with Gasteiger partial charge in [-0.25, -0.2) is 0 Å². The number of ether oxygens (including phenoxy) is 3. The Morgan fingerprint density at radius 1 is 0.690 bits per heavy atom. The molecule has 0 aliphatic rings. The standard InChI is InChI=1S/C22H34O7/c1-13(2)19(11-17(7)27-21(25)9-15(5)23)29-20(14(3)4)12-18(8)28-22(26)10-16(6)24/h17-20H,1,3,9-12H2,2,4-8H3. The predicted octanol–water partition coefficient (Wildman–Crippen LogP) is 3.49. The van der Waals surface area contributed by atoms with Crippen LogP contribution in [0.15, 0.2) is 24.3 Å². The van der Waals surface area contributed by atoms with Gasteiger partial charge in [-0.3, -0.25) is 19.2 Å². The molecule has 0 spiro atoms. The molecule has 0 aliphatic carbocycles. The molecule has 0 radical (unpaired) electrons. The van der Waals surface area contributed by atoms with Gasteiger partial charge < -0.3 is 14.2 Å². The van der Waals surface area contributed by atoms with Crippen LogP contribution in [-0.2, 0) is 33.4 Å². The van der Waals surface area contributed by atoms with E-state index in [-0.39, 0.29) is 24.4 Å². The smallest absolute Gasteiger partial charge is 0.313 e. The van der Waals surface area contributed by atoms with Gasteiger partial charge in [0.1, 0.15) is 36.6 Å². The van der Waals surface area contributed by atoms with Crippen molar-refractivity contribution in [3.63, 3.8) is 0 Å². The van der Waals surface area contributed by atoms with Crippen molar-refractivity contribution in [1.82, 2.24) is 0 Å². The van der Waals surface area contributed by atoms with Gasteiger partial charge in [-0.15, -0.1) is 0 Å². The van der Waals surface area contributed by atoms with Crippen molar-refractivity contribution in [2.75, 3.05) is 0 Å². The molecule has 0 bridgehead atoms. The monoisotopic (exact) mass is 410 g/mol. The molecule has 0 aliphatic heterocycles. The van der Waals surface area contributed by atoms with Crippen LogP contribution in [0.25, 0.3) is 0 Å². The number of rotatable bonds is 14. The van der Waals surface area contributed by atoms with Crippen LogP contribution in [0.3, 0.4) is 0 Å². The first-order valence-corrected chi connectivity index (χ1v) is 9.65. The summed E-state index contributed by atoms with van der Waals surface area (Å²) in [6.45, 7) is 17.6. The van der Waals surface area contributed by atoms with Gasteiger partial charge in [0.25, 0.3) is 0 Å². The van der Waals surface area contributed by atoms with Gasteiger partial charge in [0, 0.05) is 12.8 Å². The lowest BCUT2D eigenvalue weighted by Gasteiger charge is -2.29. The number of Topliss-reactive ketones (excluding diaryl/α,β-unsaturated/α-hetero) is 2. The fourth-order valence-corrected chi connectivity index (χ4v) is 2.58. The van der Waals surface area contributed by atoms with E-state index in [1.165, 1.54) is 13.8 Å². The third kappa shape index (κ3) is 12.7. The maximum atomic E-state index is 11.7. The van der Waals surface area contributed by atoms with Gasteiger partial charge in [-0.1, -0.05) is 24.3 Å². The van der Waals surface area contributed by atoms with Gasteiger partial charge in [-0.2, -0.15) is 0 Å². The summed E-state index contributed by atoms with van der Waals surface area (Å²) >= 11 is 0. The molecule has 0 N–H and O–H groups in total. The zero-order valence-electron chi connectivity index (χ0n) is 18.4. The molecule has 0 aromatic heterocycles. The van der Waals surface area contributed by atoms with E-state index in [1.54, 1.807) is 27.7 Å². The Labute approximate surface area is 173 Å². The second-order valence-electron chi connectivity index (χ2n) is 7.64. The molecule has 7 heteroatoms. The quantitative estimate of drug-likeness (QED) is 0.246. The van der Waals surface area contributed by atoms with Gasteiger partial charge in [0.2, 0.25) is 0 Å². The molecule has 0 heterocycles. The second kappa shape index (κ2) is 13.0. The lowest BCUT2D eigenvalue weighted by atomic mass is 10.0. The average molecular weight is 411 g/mol. The summed E-state index contributed by atoms with van der Waals surface area (Å²) in [6, 6.07) is 0. The summed E-state index contributed by atoms with van der Waals surface area (Å²) in [7, 11) is 0. The molecule has 4 unspecified atom stereocenters. The molecule has 164 valence electrons. The summed E-state index contributed by atoms with van der Waals surface area (Å²) in [5.74, 6) is -1.67. The van der Waals surface area contributed by atoms with Crippen molar-refractivity contribution in [1.29, 1.82) is 0 Å². The molecule has 0 saturated heterocycles. The Kier molecular flexibility index (Phi) is 12.0. The minimum Gasteiger partial charge on any atom is -0.462 e. The zero-order chi connectivity index (χ0) is 22.7. The van der Waals surface area contributed by atoms with Crippen molar-refractivity contribution in [3.05, 3.63) is 24.3 Å². The van der Waals surface area contributed by atoms with Crippen LogP contribution in [-0.4, -0.2) is 47.9 Å². The third-order valence-corrected chi connectivity index (χ3v) is 3.97. The zero-order valence-corrected chi connectivity index (χ0v) is 18.4. The SMILES string of the molecule is C=C(C)C(CC(C)OC(=O)CC(C)=O)OC(CC(C)OC(=O)CC(C)=O)C(=C)C. The van der Waals surface area contributed by atoms with Crippen LogP contribution in [0.2, 0.25) is 0 Å². The summed E-state index contributed by atoms with van der Waals surface area (Å²) in [4.78, 5) is 45.4. The average Bonchev–Trinajstić information content (AvgIpc) is 2.50. The fourth-order valence-electron chi connectivity index (χ4n) is 2.58. The van der Waals surface area contributed by atoms with Crippen LogP contribution < -0.4 is 0 Å². The molecular formula is C22H34O7. The number of hydrogen-bond donors (Lipinski definition) is 0. The molecule has 0 saturated carbocycles. The highest BCUT2D eigenvalue weighted by Crippen LogP contribution is 2.22. The number of carbonyl (C=O) groups excluding carboxylic acids is 4. The first-order chi connectivity index (χ1) is 13.3. The Morgan fingerprint density at radius 2 is 1.00 bits per heavy atom. The van der Waals surface area contributed by atoms with Gasteiger partial charge in [0.05, 0.1) is 12.2 Å². The van der Waals surface area contributed by atoms with E-state index in [4.69, 9.17) is 14.2 Å². The van der Waals surface area contributed by atoms with Crippen molar-refractivity contribution < 1.29 is 33.4 Å². The molecule has 7 nitrogen and oxygen atoms in total. The first-order valence-electron chi connectivity index (χ1n) is 9.65. The minimum atomic E-state index is -0.576. The number of ketones is 2. The van der Waals surface area contributed by atoms with E-state index in [9.17, 15) is 19.2 Å². The van der Waals surface area contributed by atoms with Gasteiger partial charge in [-0.05, 0) is 41.5 Å². The van der Waals surface area contributed by atoms with Crippen LogP contribution in [0.5, 0.6) is 0 Å². The summed E-state index contributed by atoms with van der Waals surface area (Å²) in [5.41, 5.74) is 1.49. The molecule has 0 fully saturated rings. The largest absolute Gasteiger partial charge is 0.462 e. The van der Waals surface area contributed by atoms with Crippen LogP contribution in [0.4, 0.5) is 0 Å². The lowest BCUT2D eigenvalue weighted by molar-refractivity contribution is -0.151. The summed E-state index contributed by atoms with van der Waals surface area (Å²) in [6.07, 6.45) is -1.59. The van der Waals surface area contributed by atoms with E-state index in [0.717, 1.165) is 11.1 Å². The second-order valence-corrected chi connectivity index (χ2v) is 7.64. The number of hydrogen-bond acceptors (Lipinski definition) is 7. The Bertz CT molecular complexity index is 581. The normalized spacial score (nSPS) is 14.8. The minimum absolute atomic E-state index is 0.259. The topological polar surface area (TPSA) is 96.0 Å². The van der Waals surface area contributed by atoms with E-state index >= 15 is 0 Å². The molecule has 29 heavy (non-hydrogen) atoms. The highest BCUT2D eigenvalue weighted by atomic mass is 16.6. The van der Waals surface area contributed by atoms with Crippen molar-refractivity contribution in [2.45, 2.75) is 91.6 Å². The highest BCUT2D eigenvalue weighted by Gasteiger charge is 2.25. The predicted molar refractivity (Wildman–Crippen MR) is 109 cm³/mol. The van der Waals surface area contributed by atoms with Gasteiger partial charge >= 0.3 is 11.9 Å². The lowest BCUT2D eigenvalue weighted by Crippen LogP contribution is -2.31. The molecule has 0 rings (SSSR count). The molecular weight excluding hydrogens is 376 g/mol. The van der Waals surface area contributed by atoms with E-state index < -0.39 is 36.4 Å². The number of carbonyl (C=O) groups is 4. The fraction of sp³-hybridized carbons (Fsp3) is 0.636. The number of esters is 2. The summed E-state index contributed by atoms with van der Waals surface area (Å²) in [5, 5.41) is 0. The van der Waals surface area contributed by atoms with E-state index in [2.05, 4.69) is 13.2 Å². The van der Waals surface area contributed by atoms with Crippen LogP contribution in [0, 0.1) is 0 Å². The van der Waals surface area contributed by atoms with Crippen molar-refractivity contribution in [3.8, 4) is 0 Å².